The summed E-state index contributed by atoms with van der Waals surface area (Å²) >= 11 is 1.61. The Kier molecular flexibility index (Phi) is 5.29. The molecule has 128 valence electrons. The lowest BCUT2D eigenvalue weighted by molar-refractivity contribution is 0.0735. The van der Waals surface area contributed by atoms with Crippen molar-refractivity contribution < 1.29 is 4.79 Å². The van der Waals surface area contributed by atoms with Gasteiger partial charge in [-0.3, -0.25) is 9.36 Å². The van der Waals surface area contributed by atoms with Crippen LogP contribution in [0.2, 0.25) is 0 Å². The first-order valence-corrected chi connectivity index (χ1v) is 9.81. The molecule has 3 rings (SSSR count). The summed E-state index contributed by atoms with van der Waals surface area (Å²) in [5.74, 6) is 0.785. The molecule has 1 aliphatic rings. The highest BCUT2D eigenvalue weighted by atomic mass is 32.2. The average Bonchev–Trinajstić information content (AvgIpc) is 3.30. The summed E-state index contributed by atoms with van der Waals surface area (Å²) < 4.78 is 2.04. The minimum absolute atomic E-state index is 0.167. The van der Waals surface area contributed by atoms with Gasteiger partial charge in [-0.2, -0.15) is 0 Å². The van der Waals surface area contributed by atoms with Crippen molar-refractivity contribution in [3.8, 4) is 5.69 Å². The van der Waals surface area contributed by atoms with Gasteiger partial charge in [0.2, 0.25) is 0 Å². The van der Waals surface area contributed by atoms with Gasteiger partial charge >= 0.3 is 0 Å². The lowest BCUT2D eigenvalue weighted by Gasteiger charge is -2.23. The molecular formula is C19H25N3OS. The van der Waals surface area contributed by atoms with Crippen LogP contribution < -0.4 is 0 Å². The first kappa shape index (κ1) is 17.1. The predicted octanol–water partition coefficient (Wildman–Crippen LogP) is 4.24. The second-order valence-electron chi connectivity index (χ2n) is 6.74. The zero-order valence-electron chi connectivity index (χ0n) is 14.6. The molecule has 5 heteroatoms. The molecule has 1 amide bonds. The van der Waals surface area contributed by atoms with Crippen molar-refractivity contribution in [2.24, 2.45) is 5.92 Å². The van der Waals surface area contributed by atoms with E-state index in [2.05, 4.69) is 23.7 Å². The number of imidazole rings is 1. The Balaban J connectivity index is 1.75. The summed E-state index contributed by atoms with van der Waals surface area (Å²) in [5.41, 5.74) is 1.81. The molecule has 0 radical (unpaired) electrons. The van der Waals surface area contributed by atoms with Crippen LogP contribution in [0, 0.1) is 5.92 Å². The Morgan fingerprint density at radius 1 is 1.33 bits per heavy atom. The highest BCUT2D eigenvalue weighted by Crippen LogP contribution is 2.29. The highest BCUT2D eigenvalue weighted by molar-refractivity contribution is 7.98. The Hall–Kier alpha value is -1.75. The molecule has 0 saturated heterocycles. The van der Waals surface area contributed by atoms with Crippen molar-refractivity contribution in [1.82, 2.24) is 14.5 Å². The molecule has 1 aliphatic carbocycles. The summed E-state index contributed by atoms with van der Waals surface area (Å²) in [5, 5.41) is 0.950. The predicted molar refractivity (Wildman–Crippen MR) is 98.9 cm³/mol. The van der Waals surface area contributed by atoms with Gasteiger partial charge in [0, 0.05) is 36.2 Å². The number of amides is 1. The Morgan fingerprint density at radius 2 is 2.04 bits per heavy atom. The van der Waals surface area contributed by atoms with E-state index in [0.29, 0.717) is 12.0 Å². The van der Waals surface area contributed by atoms with Crippen LogP contribution in [-0.2, 0) is 0 Å². The van der Waals surface area contributed by atoms with Gasteiger partial charge < -0.3 is 4.90 Å². The van der Waals surface area contributed by atoms with Crippen LogP contribution in [0.4, 0.5) is 0 Å². The normalized spacial score (nSPS) is 14.2. The molecule has 0 unspecified atom stereocenters. The number of hydrogen-bond donors (Lipinski definition) is 0. The topological polar surface area (TPSA) is 38.1 Å². The monoisotopic (exact) mass is 343 g/mol. The third-order valence-electron chi connectivity index (χ3n) is 4.38. The van der Waals surface area contributed by atoms with E-state index in [1.165, 1.54) is 0 Å². The van der Waals surface area contributed by atoms with Crippen LogP contribution in [0.15, 0.2) is 41.8 Å². The fourth-order valence-electron chi connectivity index (χ4n) is 2.80. The van der Waals surface area contributed by atoms with E-state index < -0.39 is 0 Å². The van der Waals surface area contributed by atoms with Crippen LogP contribution in [0.25, 0.3) is 5.69 Å². The first-order valence-electron chi connectivity index (χ1n) is 8.59. The Morgan fingerprint density at radius 3 is 2.62 bits per heavy atom. The zero-order chi connectivity index (χ0) is 17.1. The fourth-order valence-corrected chi connectivity index (χ4v) is 3.33. The maximum atomic E-state index is 12.9. The summed E-state index contributed by atoms with van der Waals surface area (Å²) in [6, 6.07) is 8.33. The molecule has 1 saturated carbocycles. The summed E-state index contributed by atoms with van der Waals surface area (Å²) in [6.45, 7) is 5.28. The Labute approximate surface area is 148 Å². The summed E-state index contributed by atoms with van der Waals surface area (Å²) in [7, 11) is 0. The lowest BCUT2D eigenvalue weighted by Crippen LogP contribution is -2.34. The van der Waals surface area contributed by atoms with Gasteiger partial charge in [0.1, 0.15) is 0 Å². The van der Waals surface area contributed by atoms with Crippen molar-refractivity contribution in [1.29, 1.82) is 0 Å². The minimum Gasteiger partial charge on any atom is -0.336 e. The molecule has 0 N–H and O–H groups in total. The van der Waals surface area contributed by atoms with E-state index >= 15 is 0 Å². The molecule has 1 aromatic carbocycles. The average molecular weight is 343 g/mol. The molecule has 1 heterocycles. The maximum Gasteiger partial charge on any atom is 0.254 e. The molecule has 1 aromatic heterocycles. The van der Waals surface area contributed by atoms with Crippen LogP contribution >= 0.6 is 11.8 Å². The number of rotatable bonds is 7. The van der Waals surface area contributed by atoms with E-state index in [-0.39, 0.29) is 5.91 Å². The fraction of sp³-hybridized carbons (Fsp3) is 0.474. The number of benzene rings is 1. The van der Waals surface area contributed by atoms with E-state index in [0.717, 1.165) is 42.2 Å². The quantitative estimate of drug-likeness (QED) is 0.706. The minimum atomic E-state index is 0.167. The molecule has 24 heavy (non-hydrogen) atoms. The van der Waals surface area contributed by atoms with Gasteiger partial charge in [-0.1, -0.05) is 25.6 Å². The van der Waals surface area contributed by atoms with Gasteiger partial charge in [-0.15, -0.1) is 0 Å². The van der Waals surface area contributed by atoms with Crippen molar-refractivity contribution in [3.05, 3.63) is 42.2 Å². The number of thioether (sulfide) groups is 1. The first-order chi connectivity index (χ1) is 11.6. The smallest absolute Gasteiger partial charge is 0.254 e. The molecule has 1 fully saturated rings. The van der Waals surface area contributed by atoms with Crippen LogP contribution in [0.5, 0.6) is 0 Å². The van der Waals surface area contributed by atoms with Gasteiger partial charge in [-0.05, 0) is 55.7 Å². The lowest BCUT2D eigenvalue weighted by atomic mass is 10.1. The SMILES string of the molecule is CSc1nccn1-c1ccc(C(=O)N(CCC(C)C)C2CC2)cc1. The van der Waals surface area contributed by atoms with Crippen molar-refractivity contribution in [2.45, 2.75) is 44.3 Å². The second-order valence-corrected chi connectivity index (χ2v) is 7.52. The largest absolute Gasteiger partial charge is 0.336 e. The second kappa shape index (κ2) is 7.43. The maximum absolute atomic E-state index is 12.9. The molecule has 0 spiro atoms. The number of hydrogen-bond acceptors (Lipinski definition) is 3. The van der Waals surface area contributed by atoms with Crippen molar-refractivity contribution in [2.75, 3.05) is 12.8 Å². The third-order valence-corrected chi connectivity index (χ3v) is 5.04. The number of carbonyl (C=O) groups excluding carboxylic acids is 1. The van der Waals surface area contributed by atoms with E-state index in [9.17, 15) is 4.79 Å². The van der Waals surface area contributed by atoms with Gasteiger partial charge in [0.25, 0.3) is 5.91 Å². The van der Waals surface area contributed by atoms with E-state index in [1.807, 2.05) is 41.3 Å². The van der Waals surface area contributed by atoms with Gasteiger partial charge in [-0.25, -0.2) is 4.98 Å². The number of nitrogens with zero attached hydrogens (tertiary/aromatic N) is 3. The molecule has 2 aromatic rings. The molecule has 4 nitrogen and oxygen atoms in total. The highest BCUT2D eigenvalue weighted by Gasteiger charge is 2.32. The summed E-state index contributed by atoms with van der Waals surface area (Å²) in [4.78, 5) is 19.3. The van der Waals surface area contributed by atoms with Gasteiger partial charge in [0.15, 0.2) is 5.16 Å². The van der Waals surface area contributed by atoms with Crippen LogP contribution in [0.1, 0.15) is 43.5 Å². The van der Waals surface area contributed by atoms with Gasteiger partial charge in [0.05, 0.1) is 0 Å². The number of carbonyl (C=O) groups is 1. The standard InChI is InChI=1S/C19H25N3OS/c1-14(2)10-12-21(16-8-9-16)18(23)15-4-6-17(7-5-15)22-13-11-20-19(22)24-3/h4-7,11,13-14,16H,8-10,12H2,1-3H3. The Bertz CT molecular complexity index is 689. The van der Waals surface area contributed by atoms with Crippen molar-refractivity contribution in [3.63, 3.8) is 0 Å². The summed E-state index contributed by atoms with van der Waals surface area (Å²) in [6.07, 6.45) is 9.11. The van der Waals surface area contributed by atoms with E-state index in [1.54, 1.807) is 18.0 Å². The molecule has 0 aliphatic heterocycles. The molecular weight excluding hydrogens is 318 g/mol. The van der Waals surface area contributed by atoms with Crippen LogP contribution in [-0.4, -0.2) is 39.2 Å². The van der Waals surface area contributed by atoms with Crippen molar-refractivity contribution >= 4 is 17.7 Å². The number of aromatic nitrogens is 2. The molecule has 0 atom stereocenters. The third kappa shape index (κ3) is 3.83. The zero-order valence-corrected chi connectivity index (χ0v) is 15.4. The van der Waals surface area contributed by atoms with Crippen LogP contribution in [0.3, 0.4) is 0 Å². The molecule has 0 bridgehead atoms. The van der Waals surface area contributed by atoms with E-state index in [4.69, 9.17) is 0 Å².